The van der Waals surface area contributed by atoms with Crippen molar-refractivity contribution in [2.24, 2.45) is 0 Å². The van der Waals surface area contributed by atoms with Gasteiger partial charge < -0.3 is 1.43 Å². The van der Waals surface area contributed by atoms with Crippen LogP contribution in [0.15, 0.2) is 0 Å². The van der Waals surface area contributed by atoms with Gasteiger partial charge in [0.25, 0.3) is 0 Å². The summed E-state index contributed by atoms with van der Waals surface area (Å²) in [5.41, 5.74) is 0. The Balaban J connectivity index is 0. The zero-order valence-electron chi connectivity index (χ0n) is 3.58. The van der Waals surface area contributed by atoms with Crippen LogP contribution in [0, 0.1) is 0 Å². The first kappa shape index (κ1) is 35.0. The van der Waals surface area contributed by atoms with Crippen molar-refractivity contribution in [3.05, 3.63) is 0 Å². The Kier molecular flexibility index (Phi) is 167. The van der Waals surface area contributed by atoms with Gasteiger partial charge in [0.05, 0.1) is 0 Å². The third-order valence-electron chi connectivity index (χ3n) is 0. The molecule has 0 aromatic carbocycles. The standard InChI is InChI=1S/GeH4.Li.Sb.H3Si.3H/h1H4;;;1H3;;;/q;+1;;;;;-1. The summed E-state index contributed by atoms with van der Waals surface area (Å²) in [6.45, 7) is 0. The van der Waals surface area contributed by atoms with Crippen molar-refractivity contribution in [2.75, 3.05) is 0 Å². The summed E-state index contributed by atoms with van der Waals surface area (Å²) < 4.78 is 0. The van der Waals surface area contributed by atoms with Crippen LogP contribution < -0.4 is 18.9 Å². The first-order valence-corrected chi connectivity index (χ1v) is 0. The summed E-state index contributed by atoms with van der Waals surface area (Å²) in [7, 11) is 0. The van der Waals surface area contributed by atoms with Crippen LogP contribution in [0.1, 0.15) is 1.43 Å². The molecule has 0 aliphatic rings. The Morgan fingerprint density at radius 2 is 1.25 bits per heavy atom. The molecule has 0 rings (SSSR count). The second-order valence-electron chi connectivity index (χ2n) is 0. The third kappa shape index (κ3) is 8.90. The van der Waals surface area contributed by atoms with E-state index in [2.05, 4.69) is 0 Å². The van der Waals surface area contributed by atoms with E-state index in [1.807, 2.05) is 0 Å². The van der Waals surface area contributed by atoms with Crippen LogP contribution in [0.3, 0.4) is 0 Å². The zero-order chi connectivity index (χ0) is 0. The Hall–Kier alpha value is 2.18. The van der Waals surface area contributed by atoms with Crippen molar-refractivity contribution in [3.8, 4) is 0 Å². The van der Waals surface area contributed by atoms with Gasteiger partial charge in [-0.1, -0.05) is 0 Å². The predicted molar refractivity (Wildman–Crippen MR) is 30.9 cm³/mol. The van der Waals surface area contributed by atoms with Crippen molar-refractivity contribution in [1.29, 1.82) is 0 Å². The maximum Gasteiger partial charge on any atom is -0.0125 e. The van der Waals surface area contributed by atoms with Gasteiger partial charge >= 0.3 is 60.9 Å². The molecule has 0 amide bonds. The van der Waals surface area contributed by atoms with Gasteiger partial charge in [-0.3, -0.25) is 0 Å². The van der Waals surface area contributed by atoms with Crippen LogP contribution in [0.25, 0.3) is 0 Å². The minimum atomic E-state index is 0. The number of rotatable bonds is 0. The van der Waals surface area contributed by atoms with Crippen LogP contribution in [0.2, 0.25) is 0 Å². The van der Waals surface area contributed by atoms with Crippen LogP contribution in [-0.4, -0.2) is 53.0 Å². The minimum Gasteiger partial charge on any atom is -0.0125 e. The second kappa shape index (κ2) is 19.1. The maximum absolute atomic E-state index is 0. The first-order chi connectivity index (χ1) is 0. The average molecular weight is 239 g/mol. The number of hydrogen-bond acceptors (Lipinski definition) is 0. The van der Waals surface area contributed by atoms with Gasteiger partial charge in [0.1, 0.15) is 0 Å². The largest absolute Gasteiger partial charge is 0.0125 e. The second-order valence-corrected chi connectivity index (χ2v) is 0. The van der Waals surface area contributed by atoms with E-state index in [1.54, 1.807) is 0 Å². The van der Waals surface area contributed by atoms with E-state index in [0.29, 0.717) is 0 Å². The molecular weight excluding hydrogens is 229 g/mol. The molecule has 0 nitrogen and oxygen atoms in total. The molecule has 0 aromatic heterocycles. The van der Waals surface area contributed by atoms with E-state index in [4.69, 9.17) is 0 Å². The maximum atomic E-state index is 0. The van der Waals surface area contributed by atoms with Crippen LogP contribution in [-0.2, 0) is 0 Å². The number of hydrogen-bond donors (Lipinski definition) is 0. The van der Waals surface area contributed by atoms with Gasteiger partial charge in [-0.25, -0.2) is 0 Å². The van der Waals surface area contributed by atoms with E-state index >= 15 is 0 Å². The van der Waals surface area contributed by atoms with Crippen molar-refractivity contribution in [1.82, 2.24) is 0 Å². The molecule has 0 saturated carbocycles. The van der Waals surface area contributed by atoms with E-state index in [-0.39, 0.29) is 73.3 Å². The fraction of sp³-hybridized carbons (Fsp3) is 0. The van der Waals surface area contributed by atoms with E-state index in [1.165, 1.54) is 0 Å². The molecule has 0 fully saturated rings. The minimum absolute atomic E-state index is 0. The molecule has 0 bridgehead atoms. The van der Waals surface area contributed by atoms with E-state index < -0.39 is 0 Å². The molecule has 4 heavy (non-hydrogen) atoms. The fourth-order valence-electron chi connectivity index (χ4n) is 0. The summed E-state index contributed by atoms with van der Waals surface area (Å²) in [6, 6.07) is 0. The van der Waals surface area contributed by atoms with Crippen LogP contribution >= 0.6 is 0 Å². The first-order valence-electron chi connectivity index (χ1n) is 0. The molecule has 0 aliphatic heterocycles. The van der Waals surface area contributed by atoms with Crippen LogP contribution in [0.5, 0.6) is 0 Å². The molecule has 0 spiro atoms. The quantitative estimate of drug-likeness (QED) is 0.369. The van der Waals surface area contributed by atoms with Gasteiger partial charge in [0, 0.05) is 0 Å². The van der Waals surface area contributed by atoms with Crippen molar-refractivity contribution in [3.63, 3.8) is 0 Å². The van der Waals surface area contributed by atoms with Gasteiger partial charge in [-0.15, -0.1) is 0 Å². The van der Waals surface area contributed by atoms with Crippen molar-refractivity contribution >= 4 is 53.0 Å². The van der Waals surface area contributed by atoms with Gasteiger partial charge in [0.2, 0.25) is 0 Å². The van der Waals surface area contributed by atoms with Crippen molar-refractivity contribution < 1.29 is 20.3 Å². The molecule has 0 heterocycles. The molecule has 0 saturated heterocycles. The summed E-state index contributed by atoms with van der Waals surface area (Å²) in [4.78, 5) is 0. The summed E-state index contributed by atoms with van der Waals surface area (Å²) in [6.07, 6.45) is 0. The predicted octanol–water partition coefficient (Wildman–Crippen LogP) is -6.44. The normalized spacial score (nSPS) is 0. The molecule has 0 unspecified atom stereocenters. The van der Waals surface area contributed by atoms with E-state index in [9.17, 15) is 0 Å². The zero-order valence-corrected chi connectivity index (χ0v) is 7.87. The topological polar surface area (TPSA) is 0 Å². The summed E-state index contributed by atoms with van der Waals surface area (Å²) in [5, 5.41) is 0. The van der Waals surface area contributed by atoms with E-state index in [0.717, 1.165) is 0 Å². The third-order valence-corrected chi connectivity index (χ3v) is 0. The smallest absolute Gasteiger partial charge is 0.0125 e. The molecule has 24 valence electrons. The Morgan fingerprint density at radius 1 is 1.25 bits per heavy atom. The molecule has 2 radical (unpaired) electrons. The fourth-order valence-corrected chi connectivity index (χ4v) is 0. The molecule has 0 aliphatic carbocycles. The SMILES string of the molecule is [GeH4].[H-].[Li+].[SbH2].[SiH3]. The van der Waals surface area contributed by atoms with Crippen LogP contribution in [0.4, 0.5) is 0 Å². The summed E-state index contributed by atoms with van der Waals surface area (Å²) in [5.74, 6) is 0. The van der Waals surface area contributed by atoms with Gasteiger partial charge in [0.15, 0.2) is 0 Å². The Bertz CT molecular complexity index is 11.6. The molecule has 4 heteroatoms. The Labute approximate surface area is 72.6 Å². The van der Waals surface area contributed by atoms with Crippen molar-refractivity contribution in [2.45, 2.75) is 0 Å². The average Bonchev–Trinajstić information content (AvgIpc) is 0. The molecule has 0 N–H and O–H groups in total. The van der Waals surface area contributed by atoms with Gasteiger partial charge in [-0.05, 0) is 11.0 Å². The summed E-state index contributed by atoms with van der Waals surface area (Å²) >= 11 is 0. The monoisotopic (exact) mass is 240 g/mol. The molecular formula is H10GeLiSbSi. The molecule has 0 atom stereocenters. The van der Waals surface area contributed by atoms with Gasteiger partial charge in [-0.2, -0.15) is 0 Å². The Morgan fingerprint density at radius 3 is 1.25 bits per heavy atom. The molecule has 0 aromatic rings.